The van der Waals surface area contributed by atoms with Crippen LogP contribution in [0, 0.1) is 40.4 Å². The summed E-state index contributed by atoms with van der Waals surface area (Å²) in [6, 6.07) is 13.4. The Morgan fingerprint density at radius 2 is 1.69 bits per heavy atom. The average molecular weight is 567 g/mol. The fourth-order valence-corrected chi connectivity index (χ4v) is 3.95. The predicted molar refractivity (Wildman–Crippen MR) is 117 cm³/mol. The quantitative estimate of drug-likeness (QED) is 0.147. The van der Waals surface area contributed by atoms with Crippen molar-refractivity contribution in [2.75, 3.05) is 6.61 Å². The monoisotopic (exact) mass is 566 g/mol. The Hall–Kier alpha value is -4.11. The smallest absolute Gasteiger partial charge is 0.349 e. The number of hydrogen-bond acceptors (Lipinski definition) is 6. The minimum Gasteiger partial charge on any atom is -0.476 e. The van der Waals surface area contributed by atoms with Crippen LogP contribution in [0.3, 0.4) is 0 Å². The van der Waals surface area contributed by atoms with Gasteiger partial charge in [-0.2, -0.15) is 14.0 Å². The van der Waals surface area contributed by atoms with Gasteiger partial charge in [-0.25, -0.2) is 18.0 Å². The zero-order chi connectivity index (χ0) is 26.1. The molecule has 184 valence electrons. The van der Waals surface area contributed by atoms with E-state index in [2.05, 4.69) is 20.7 Å². The number of halogens is 6. The number of nitrogens with two attached hydrogens (primary N) is 1. The van der Waals surface area contributed by atoms with Crippen molar-refractivity contribution in [2.24, 2.45) is 5.73 Å². The Labute approximate surface area is 208 Å². The molecule has 1 unspecified atom stereocenters. The number of nitrogens with zero attached hydrogens (tertiary/aromatic N) is 1. The molecular formula is C24H12BrF5N2O4. The van der Waals surface area contributed by atoms with Crippen molar-refractivity contribution in [1.82, 2.24) is 0 Å². The third-order valence-electron chi connectivity index (χ3n) is 5.11. The first-order chi connectivity index (χ1) is 17.1. The number of carbonyl (C=O) groups excluding carboxylic acids is 1. The second kappa shape index (κ2) is 9.87. The lowest BCUT2D eigenvalue weighted by Gasteiger charge is -2.26. The molecule has 3 aromatic rings. The van der Waals surface area contributed by atoms with E-state index in [-0.39, 0.29) is 23.0 Å². The fraction of sp³-hybridized carbons (Fsp3) is 0.0833. The third kappa shape index (κ3) is 4.57. The predicted octanol–water partition coefficient (Wildman–Crippen LogP) is 5.35. The Morgan fingerprint density at radius 1 is 1.03 bits per heavy atom. The minimum absolute atomic E-state index is 0.0963. The molecule has 0 saturated carbocycles. The van der Waals surface area contributed by atoms with E-state index in [0.29, 0.717) is 5.56 Å². The van der Waals surface area contributed by atoms with Crippen LogP contribution in [0.4, 0.5) is 22.0 Å². The number of hydrogen-bond donors (Lipinski definition) is 1. The molecule has 4 rings (SSSR count). The van der Waals surface area contributed by atoms with Gasteiger partial charge in [0.1, 0.15) is 23.1 Å². The summed E-state index contributed by atoms with van der Waals surface area (Å²) in [5, 5.41) is 9.62. The van der Waals surface area contributed by atoms with Gasteiger partial charge in [-0.1, -0.05) is 34.1 Å². The van der Waals surface area contributed by atoms with Gasteiger partial charge in [0.25, 0.3) is 0 Å². The van der Waals surface area contributed by atoms with Crippen molar-refractivity contribution in [2.45, 2.75) is 5.92 Å². The van der Waals surface area contributed by atoms with Gasteiger partial charge in [0.05, 0.1) is 5.92 Å². The molecule has 0 aromatic heterocycles. The molecule has 12 heteroatoms. The van der Waals surface area contributed by atoms with E-state index >= 15 is 0 Å². The summed E-state index contributed by atoms with van der Waals surface area (Å²) >= 11 is 3.38. The van der Waals surface area contributed by atoms with Gasteiger partial charge in [0, 0.05) is 16.1 Å². The molecule has 1 aliphatic rings. The SMILES string of the molecule is N#CC1=C(N)Oc2cc(OC(=O)COc3c(F)c(F)c(F)c(F)c3F)ccc2C1c1cccc(Br)c1. The second-order valence-electron chi connectivity index (χ2n) is 7.34. The van der Waals surface area contributed by atoms with Gasteiger partial charge in [-0.3, -0.25) is 0 Å². The fourth-order valence-electron chi connectivity index (χ4n) is 3.53. The van der Waals surface area contributed by atoms with E-state index in [4.69, 9.17) is 15.2 Å². The zero-order valence-electron chi connectivity index (χ0n) is 17.8. The molecule has 0 spiro atoms. The van der Waals surface area contributed by atoms with Gasteiger partial charge in [-0.15, -0.1) is 0 Å². The molecule has 0 saturated heterocycles. The molecule has 1 heterocycles. The van der Waals surface area contributed by atoms with Crippen LogP contribution >= 0.6 is 15.9 Å². The molecule has 0 fully saturated rings. The number of ether oxygens (including phenoxy) is 3. The highest BCUT2D eigenvalue weighted by molar-refractivity contribution is 9.10. The van der Waals surface area contributed by atoms with Crippen LogP contribution in [-0.2, 0) is 4.79 Å². The summed E-state index contributed by atoms with van der Waals surface area (Å²) in [6.07, 6.45) is 0. The maximum Gasteiger partial charge on any atom is 0.349 e. The lowest BCUT2D eigenvalue weighted by atomic mass is 9.83. The highest BCUT2D eigenvalue weighted by Crippen LogP contribution is 2.43. The van der Waals surface area contributed by atoms with E-state index in [9.17, 15) is 32.0 Å². The average Bonchev–Trinajstić information content (AvgIpc) is 2.85. The van der Waals surface area contributed by atoms with E-state index < -0.39 is 53.3 Å². The van der Waals surface area contributed by atoms with Crippen molar-refractivity contribution in [3.8, 4) is 23.3 Å². The summed E-state index contributed by atoms with van der Waals surface area (Å²) in [7, 11) is 0. The van der Waals surface area contributed by atoms with Gasteiger partial charge in [0.2, 0.25) is 35.0 Å². The van der Waals surface area contributed by atoms with Crippen molar-refractivity contribution < 1.29 is 41.0 Å². The summed E-state index contributed by atoms with van der Waals surface area (Å²) in [5.74, 6) is -14.7. The van der Waals surface area contributed by atoms with E-state index in [1.54, 1.807) is 24.3 Å². The minimum atomic E-state index is -2.36. The first-order valence-electron chi connectivity index (χ1n) is 9.94. The van der Waals surface area contributed by atoms with E-state index in [1.165, 1.54) is 18.2 Å². The van der Waals surface area contributed by atoms with Crippen LogP contribution in [0.2, 0.25) is 0 Å². The first-order valence-corrected chi connectivity index (χ1v) is 10.7. The van der Waals surface area contributed by atoms with Crippen molar-refractivity contribution >= 4 is 21.9 Å². The largest absolute Gasteiger partial charge is 0.476 e. The second-order valence-corrected chi connectivity index (χ2v) is 8.26. The highest BCUT2D eigenvalue weighted by atomic mass is 79.9. The van der Waals surface area contributed by atoms with Crippen molar-refractivity contribution in [3.63, 3.8) is 0 Å². The van der Waals surface area contributed by atoms with Crippen LogP contribution in [0.1, 0.15) is 17.0 Å². The lowest BCUT2D eigenvalue weighted by molar-refractivity contribution is -0.136. The van der Waals surface area contributed by atoms with Gasteiger partial charge in [-0.05, 0) is 23.8 Å². The number of carbonyl (C=O) groups is 1. The first kappa shape index (κ1) is 25.0. The third-order valence-corrected chi connectivity index (χ3v) is 5.60. The lowest BCUT2D eigenvalue weighted by Crippen LogP contribution is -2.22. The zero-order valence-corrected chi connectivity index (χ0v) is 19.3. The number of benzene rings is 3. The van der Waals surface area contributed by atoms with Gasteiger partial charge >= 0.3 is 5.97 Å². The number of fused-ring (bicyclic) bond motifs is 1. The number of allylic oxidation sites excluding steroid dienone is 1. The molecule has 1 aliphatic heterocycles. The van der Waals surface area contributed by atoms with Gasteiger partial charge < -0.3 is 19.9 Å². The normalized spacial score (nSPS) is 14.5. The molecule has 6 nitrogen and oxygen atoms in total. The summed E-state index contributed by atoms with van der Waals surface area (Å²) in [5.41, 5.74) is 7.37. The molecule has 36 heavy (non-hydrogen) atoms. The summed E-state index contributed by atoms with van der Waals surface area (Å²) < 4.78 is 82.9. The molecule has 0 bridgehead atoms. The number of esters is 1. The topological polar surface area (TPSA) is 94.6 Å². The molecular weight excluding hydrogens is 555 g/mol. The Kier molecular flexibility index (Phi) is 6.85. The van der Waals surface area contributed by atoms with E-state index in [1.807, 2.05) is 6.07 Å². The van der Waals surface area contributed by atoms with E-state index in [0.717, 1.165) is 10.0 Å². The Balaban J connectivity index is 1.56. The number of rotatable bonds is 5. The maximum atomic E-state index is 13.7. The van der Waals surface area contributed by atoms with Crippen LogP contribution in [0.5, 0.6) is 17.2 Å². The van der Waals surface area contributed by atoms with Crippen LogP contribution in [-0.4, -0.2) is 12.6 Å². The molecule has 0 radical (unpaired) electrons. The Morgan fingerprint density at radius 3 is 2.33 bits per heavy atom. The number of nitriles is 1. The molecule has 1 atom stereocenters. The summed E-state index contributed by atoms with van der Waals surface area (Å²) in [4.78, 5) is 12.1. The van der Waals surface area contributed by atoms with Crippen molar-refractivity contribution in [1.29, 1.82) is 5.26 Å². The molecule has 2 N–H and O–H groups in total. The van der Waals surface area contributed by atoms with Crippen LogP contribution in [0.25, 0.3) is 0 Å². The van der Waals surface area contributed by atoms with Crippen molar-refractivity contribution in [3.05, 3.63) is 98.6 Å². The highest BCUT2D eigenvalue weighted by Gasteiger charge is 2.31. The molecule has 0 amide bonds. The molecule has 3 aromatic carbocycles. The van der Waals surface area contributed by atoms with Crippen LogP contribution in [0.15, 0.2) is 58.4 Å². The molecule has 0 aliphatic carbocycles. The van der Waals surface area contributed by atoms with Crippen LogP contribution < -0.4 is 19.9 Å². The maximum absolute atomic E-state index is 13.7. The summed E-state index contributed by atoms with van der Waals surface area (Å²) in [6.45, 7) is -1.17. The standard InChI is InChI=1S/C24H12BrF5N2O4/c25-11-3-1-2-10(6-11)17-13-5-4-12(7-15(13)36-24(32)14(17)8-31)35-16(33)9-34-23-21(29)19(27)18(26)20(28)22(23)30/h1-7,17H,9,32H2. The van der Waals surface area contributed by atoms with Gasteiger partial charge in [0.15, 0.2) is 12.4 Å². The Bertz CT molecular complexity index is 1440.